The van der Waals surface area contributed by atoms with Gasteiger partial charge in [0.15, 0.2) is 6.10 Å². The third kappa shape index (κ3) is 2.97. The van der Waals surface area contributed by atoms with E-state index in [1.165, 1.54) is 0 Å². The standard InChI is InChI=1S/C13H17NO3/c1-2-6-16-11-5-3-4-10(7-11)13-8-12(9-15)17-14-13/h3-5,7,12,15H,2,6,8-9H2,1H3. The Hall–Kier alpha value is -1.55. The molecule has 4 nitrogen and oxygen atoms in total. The normalized spacial score (nSPS) is 18.7. The molecule has 1 aromatic carbocycles. The molecule has 0 radical (unpaired) electrons. The van der Waals surface area contributed by atoms with Crippen molar-refractivity contribution in [3.05, 3.63) is 29.8 Å². The second-order valence-corrected chi connectivity index (χ2v) is 4.03. The third-order valence-corrected chi connectivity index (χ3v) is 2.58. The van der Waals surface area contributed by atoms with Crippen LogP contribution in [-0.4, -0.2) is 30.1 Å². The van der Waals surface area contributed by atoms with Crippen molar-refractivity contribution in [2.24, 2.45) is 5.16 Å². The van der Waals surface area contributed by atoms with Crippen molar-refractivity contribution in [1.29, 1.82) is 0 Å². The zero-order valence-corrected chi connectivity index (χ0v) is 9.93. The van der Waals surface area contributed by atoms with Crippen molar-refractivity contribution in [3.8, 4) is 5.75 Å². The number of hydrogen-bond donors (Lipinski definition) is 1. The predicted molar refractivity (Wildman–Crippen MR) is 65.3 cm³/mol. The first-order valence-corrected chi connectivity index (χ1v) is 5.90. The number of aliphatic hydroxyl groups excluding tert-OH is 1. The molecule has 1 aliphatic rings. The lowest BCUT2D eigenvalue weighted by atomic mass is 10.1. The average molecular weight is 235 g/mol. The summed E-state index contributed by atoms with van der Waals surface area (Å²) in [6, 6.07) is 7.80. The van der Waals surface area contributed by atoms with Gasteiger partial charge in [-0.15, -0.1) is 0 Å². The van der Waals surface area contributed by atoms with E-state index in [2.05, 4.69) is 12.1 Å². The van der Waals surface area contributed by atoms with E-state index in [-0.39, 0.29) is 12.7 Å². The number of ether oxygens (including phenoxy) is 1. The van der Waals surface area contributed by atoms with E-state index < -0.39 is 0 Å². The van der Waals surface area contributed by atoms with Crippen molar-refractivity contribution >= 4 is 5.71 Å². The highest BCUT2D eigenvalue weighted by Gasteiger charge is 2.21. The molecule has 0 aromatic heterocycles. The predicted octanol–water partition coefficient (Wildman–Crippen LogP) is 1.96. The molecule has 0 fully saturated rings. The summed E-state index contributed by atoms with van der Waals surface area (Å²) in [5.74, 6) is 0.847. The van der Waals surface area contributed by atoms with Crippen LogP contribution in [-0.2, 0) is 4.84 Å². The van der Waals surface area contributed by atoms with Gasteiger partial charge in [0.1, 0.15) is 5.75 Å². The van der Waals surface area contributed by atoms with Crippen LogP contribution >= 0.6 is 0 Å². The summed E-state index contributed by atoms with van der Waals surface area (Å²) in [7, 11) is 0. The van der Waals surface area contributed by atoms with Crippen LogP contribution in [0, 0.1) is 0 Å². The maximum absolute atomic E-state index is 8.98. The van der Waals surface area contributed by atoms with Gasteiger partial charge < -0.3 is 14.7 Å². The van der Waals surface area contributed by atoms with Crippen LogP contribution in [0.25, 0.3) is 0 Å². The first-order valence-electron chi connectivity index (χ1n) is 5.90. The van der Waals surface area contributed by atoms with Gasteiger partial charge in [-0.25, -0.2) is 0 Å². The summed E-state index contributed by atoms with van der Waals surface area (Å²) in [4.78, 5) is 5.09. The van der Waals surface area contributed by atoms with Crippen LogP contribution in [0.15, 0.2) is 29.4 Å². The van der Waals surface area contributed by atoms with Gasteiger partial charge in [0.25, 0.3) is 0 Å². The van der Waals surface area contributed by atoms with Gasteiger partial charge in [-0.2, -0.15) is 0 Å². The largest absolute Gasteiger partial charge is 0.494 e. The minimum absolute atomic E-state index is 0.000967. The fourth-order valence-corrected chi connectivity index (χ4v) is 1.68. The molecule has 1 N–H and O–H groups in total. The summed E-state index contributed by atoms with van der Waals surface area (Å²) >= 11 is 0. The van der Waals surface area contributed by atoms with Crippen LogP contribution in [0.2, 0.25) is 0 Å². The monoisotopic (exact) mass is 235 g/mol. The molecule has 17 heavy (non-hydrogen) atoms. The number of nitrogens with zero attached hydrogens (tertiary/aromatic N) is 1. The molecule has 0 spiro atoms. The Kier molecular flexibility index (Phi) is 3.98. The summed E-state index contributed by atoms with van der Waals surface area (Å²) in [6.07, 6.45) is 1.43. The molecule has 0 aliphatic carbocycles. The lowest BCUT2D eigenvalue weighted by Crippen LogP contribution is -2.12. The van der Waals surface area contributed by atoms with Gasteiger partial charge in [0.2, 0.25) is 0 Å². The molecule has 1 heterocycles. The lowest BCUT2D eigenvalue weighted by Gasteiger charge is -2.06. The number of aliphatic hydroxyl groups is 1. The Balaban J connectivity index is 2.06. The van der Waals surface area contributed by atoms with E-state index in [0.717, 1.165) is 23.4 Å². The Labute approximate surface area is 101 Å². The quantitative estimate of drug-likeness (QED) is 0.848. The molecule has 0 saturated heterocycles. The topological polar surface area (TPSA) is 51.0 Å². The van der Waals surface area contributed by atoms with Gasteiger partial charge in [-0.3, -0.25) is 0 Å². The maximum atomic E-state index is 8.98. The molecule has 92 valence electrons. The summed E-state index contributed by atoms with van der Waals surface area (Å²) in [5, 5.41) is 13.0. The summed E-state index contributed by atoms with van der Waals surface area (Å²) in [5.41, 5.74) is 1.86. The lowest BCUT2D eigenvalue weighted by molar-refractivity contribution is 0.0390. The van der Waals surface area contributed by atoms with E-state index >= 15 is 0 Å². The Morgan fingerprint density at radius 1 is 1.53 bits per heavy atom. The molecule has 1 atom stereocenters. The van der Waals surface area contributed by atoms with Crippen molar-refractivity contribution in [2.75, 3.05) is 13.2 Å². The first-order chi connectivity index (χ1) is 8.33. The van der Waals surface area contributed by atoms with Crippen molar-refractivity contribution < 1.29 is 14.7 Å². The summed E-state index contributed by atoms with van der Waals surface area (Å²) < 4.78 is 5.56. The van der Waals surface area contributed by atoms with Crippen molar-refractivity contribution in [3.63, 3.8) is 0 Å². The Bertz CT molecular complexity index is 403. The molecule has 1 aliphatic heterocycles. The average Bonchev–Trinajstić information content (AvgIpc) is 2.85. The van der Waals surface area contributed by atoms with E-state index in [1.807, 2.05) is 24.3 Å². The first kappa shape index (κ1) is 11.9. The van der Waals surface area contributed by atoms with E-state index in [9.17, 15) is 0 Å². The number of benzene rings is 1. The molecule has 1 unspecified atom stereocenters. The number of oxime groups is 1. The fraction of sp³-hybridized carbons (Fsp3) is 0.462. The number of hydrogen-bond acceptors (Lipinski definition) is 4. The van der Waals surface area contributed by atoms with Crippen LogP contribution in [0.1, 0.15) is 25.3 Å². The van der Waals surface area contributed by atoms with E-state index in [0.29, 0.717) is 13.0 Å². The molecule has 0 bridgehead atoms. The Morgan fingerprint density at radius 2 is 2.41 bits per heavy atom. The van der Waals surface area contributed by atoms with Gasteiger partial charge >= 0.3 is 0 Å². The second kappa shape index (κ2) is 5.68. The van der Waals surface area contributed by atoms with E-state index in [4.69, 9.17) is 14.7 Å². The van der Waals surface area contributed by atoms with Gasteiger partial charge in [-0.1, -0.05) is 24.2 Å². The zero-order valence-electron chi connectivity index (χ0n) is 9.93. The fourth-order valence-electron chi connectivity index (χ4n) is 1.68. The van der Waals surface area contributed by atoms with Crippen molar-refractivity contribution in [2.45, 2.75) is 25.9 Å². The van der Waals surface area contributed by atoms with Gasteiger partial charge in [-0.05, 0) is 18.6 Å². The molecule has 0 amide bonds. The third-order valence-electron chi connectivity index (χ3n) is 2.58. The summed E-state index contributed by atoms with van der Waals surface area (Å²) in [6.45, 7) is 2.79. The van der Waals surface area contributed by atoms with Crippen LogP contribution < -0.4 is 4.74 Å². The molecule has 0 saturated carbocycles. The van der Waals surface area contributed by atoms with Crippen LogP contribution in [0.3, 0.4) is 0 Å². The number of rotatable bonds is 5. The minimum atomic E-state index is -0.204. The molecular weight excluding hydrogens is 218 g/mol. The molecule has 2 rings (SSSR count). The van der Waals surface area contributed by atoms with E-state index in [1.54, 1.807) is 0 Å². The van der Waals surface area contributed by atoms with Crippen LogP contribution in [0.4, 0.5) is 0 Å². The highest BCUT2D eigenvalue weighted by molar-refractivity contribution is 6.01. The highest BCUT2D eigenvalue weighted by Crippen LogP contribution is 2.20. The Morgan fingerprint density at radius 3 is 3.12 bits per heavy atom. The SMILES string of the molecule is CCCOc1cccc(C2=NOC(CO)C2)c1. The van der Waals surface area contributed by atoms with Crippen LogP contribution in [0.5, 0.6) is 5.75 Å². The van der Waals surface area contributed by atoms with Crippen molar-refractivity contribution in [1.82, 2.24) is 0 Å². The minimum Gasteiger partial charge on any atom is -0.494 e. The highest BCUT2D eigenvalue weighted by atomic mass is 16.6. The smallest absolute Gasteiger partial charge is 0.156 e. The maximum Gasteiger partial charge on any atom is 0.156 e. The second-order valence-electron chi connectivity index (χ2n) is 4.03. The molecular formula is C13H17NO3. The van der Waals surface area contributed by atoms with Gasteiger partial charge in [0, 0.05) is 12.0 Å². The molecule has 4 heteroatoms. The molecule has 1 aromatic rings. The zero-order chi connectivity index (χ0) is 12.1. The van der Waals surface area contributed by atoms with Gasteiger partial charge in [0.05, 0.1) is 18.9 Å².